The Bertz CT molecular complexity index is 279. The third-order valence-corrected chi connectivity index (χ3v) is 1.32. The zero-order valence-corrected chi connectivity index (χ0v) is 6.19. The molecule has 6 heteroatoms. The summed E-state index contributed by atoms with van der Waals surface area (Å²) < 4.78 is 4.86. The molecule has 0 radical (unpaired) electrons. The van der Waals surface area contributed by atoms with E-state index in [1.54, 1.807) is 12.4 Å². The van der Waals surface area contributed by atoms with Crippen LogP contribution in [0.3, 0.4) is 0 Å². The molecule has 2 aromatic rings. The molecule has 2 heterocycles. The second kappa shape index (κ2) is 3.04. The highest BCUT2D eigenvalue weighted by Crippen LogP contribution is 2.00. The van der Waals surface area contributed by atoms with Crippen molar-refractivity contribution in [2.45, 2.75) is 6.54 Å². The summed E-state index contributed by atoms with van der Waals surface area (Å²) in [5, 5.41) is 10.1. The molecule has 6 nitrogen and oxygen atoms in total. The molecular weight excluding hydrogens is 158 g/mol. The highest BCUT2D eigenvalue weighted by Gasteiger charge is 1.97. The van der Waals surface area contributed by atoms with Crippen LogP contribution in [0.1, 0.15) is 5.82 Å². The minimum Gasteiger partial charge on any atom is -0.411 e. The Hall–Kier alpha value is -1.85. The maximum absolute atomic E-state index is 4.86. The van der Waals surface area contributed by atoms with Gasteiger partial charge in [0.05, 0.1) is 6.54 Å². The Labute approximate surface area is 68.0 Å². The van der Waals surface area contributed by atoms with Gasteiger partial charge in [0.25, 0.3) is 0 Å². The van der Waals surface area contributed by atoms with Crippen molar-refractivity contribution >= 4 is 6.01 Å². The number of nitrogens with one attached hydrogen (secondary N) is 2. The van der Waals surface area contributed by atoms with Crippen molar-refractivity contribution in [3.05, 3.63) is 24.6 Å². The van der Waals surface area contributed by atoms with Crippen LogP contribution in [0.25, 0.3) is 0 Å². The summed E-state index contributed by atoms with van der Waals surface area (Å²) in [7, 11) is 0. The Balaban J connectivity index is 1.91. The van der Waals surface area contributed by atoms with Gasteiger partial charge < -0.3 is 14.7 Å². The van der Waals surface area contributed by atoms with E-state index in [2.05, 4.69) is 25.5 Å². The number of hydrogen-bond acceptors (Lipinski definition) is 5. The van der Waals surface area contributed by atoms with Crippen molar-refractivity contribution in [3.63, 3.8) is 0 Å². The fraction of sp³-hybridized carbons (Fsp3) is 0.167. The molecule has 0 saturated carbocycles. The van der Waals surface area contributed by atoms with Gasteiger partial charge in [-0.2, -0.15) is 0 Å². The van der Waals surface area contributed by atoms with Gasteiger partial charge in [0, 0.05) is 12.4 Å². The molecule has 2 rings (SSSR count). The van der Waals surface area contributed by atoms with E-state index in [4.69, 9.17) is 4.42 Å². The molecule has 12 heavy (non-hydrogen) atoms. The van der Waals surface area contributed by atoms with Crippen molar-refractivity contribution in [3.8, 4) is 0 Å². The van der Waals surface area contributed by atoms with Crippen molar-refractivity contribution < 1.29 is 4.42 Å². The average molecular weight is 165 g/mol. The van der Waals surface area contributed by atoms with Gasteiger partial charge in [-0.05, 0) is 0 Å². The quantitative estimate of drug-likeness (QED) is 0.688. The normalized spacial score (nSPS) is 10.0. The number of anilines is 1. The molecule has 0 amide bonds. The van der Waals surface area contributed by atoms with Crippen molar-refractivity contribution in [2.24, 2.45) is 0 Å². The van der Waals surface area contributed by atoms with E-state index in [9.17, 15) is 0 Å². The lowest BCUT2D eigenvalue weighted by Crippen LogP contribution is -2.01. The lowest BCUT2D eigenvalue weighted by atomic mass is 10.6. The largest absolute Gasteiger partial charge is 0.411 e. The predicted molar refractivity (Wildman–Crippen MR) is 40.2 cm³/mol. The Morgan fingerprint density at radius 3 is 3.25 bits per heavy atom. The van der Waals surface area contributed by atoms with E-state index in [0.29, 0.717) is 12.6 Å². The van der Waals surface area contributed by atoms with Crippen molar-refractivity contribution in [1.29, 1.82) is 0 Å². The first-order chi connectivity index (χ1) is 5.95. The maximum Gasteiger partial charge on any atom is 0.315 e. The first-order valence-electron chi connectivity index (χ1n) is 3.43. The molecule has 0 unspecified atom stereocenters. The molecule has 2 aromatic heterocycles. The molecule has 0 spiro atoms. The average Bonchev–Trinajstić information content (AvgIpc) is 2.74. The summed E-state index contributed by atoms with van der Waals surface area (Å²) in [6.07, 6.45) is 4.71. The van der Waals surface area contributed by atoms with Crippen molar-refractivity contribution in [1.82, 2.24) is 20.2 Å². The second-order valence-corrected chi connectivity index (χ2v) is 2.13. The topological polar surface area (TPSA) is 79.6 Å². The standard InChI is InChI=1S/C6H7N5O/c1-2-8-5(7-1)3-9-6-11-10-4-12-6/h1-2,4H,3H2,(H,7,8)(H,9,11). The molecule has 0 aliphatic carbocycles. The van der Waals surface area contributed by atoms with Crippen molar-refractivity contribution in [2.75, 3.05) is 5.32 Å². The van der Waals surface area contributed by atoms with E-state index in [1.807, 2.05) is 0 Å². The highest BCUT2D eigenvalue weighted by atomic mass is 16.4. The third kappa shape index (κ3) is 1.42. The minimum atomic E-state index is 0.395. The van der Waals surface area contributed by atoms with E-state index in [-0.39, 0.29) is 0 Å². The number of imidazole rings is 1. The Kier molecular flexibility index (Phi) is 1.73. The SMILES string of the molecule is c1c[nH]c(CNc2nnco2)n1. The van der Waals surface area contributed by atoms with Crippen LogP contribution in [0.5, 0.6) is 0 Å². The van der Waals surface area contributed by atoms with Gasteiger partial charge in [-0.15, -0.1) is 5.10 Å². The fourth-order valence-corrected chi connectivity index (χ4v) is 0.804. The monoisotopic (exact) mass is 165 g/mol. The molecule has 0 aromatic carbocycles. The zero-order chi connectivity index (χ0) is 8.23. The number of nitrogens with zero attached hydrogens (tertiary/aromatic N) is 3. The van der Waals surface area contributed by atoms with Gasteiger partial charge in [0.2, 0.25) is 6.39 Å². The maximum atomic E-state index is 4.86. The van der Waals surface area contributed by atoms with E-state index in [1.165, 1.54) is 6.39 Å². The van der Waals surface area contributed by atoms with Crippen LogP contribution in [-0.2, 0) is 6.54 Å². The van der Waals surface area contributed by atoms with Crippen LogP contribution in [0.2, 0.25) is 0 Å². The summed E-state index contributed by atoms with van der Waals surface area (Å²) in [5.41, 5.74) is 0. The van der Waals surface area contributed by atoms with Gasteiger partial charge in [0.15, 0.2) is 0 Å². The van der Waals surface area contributed by atoms with Gasteiger partial charge in [-0.3, -0.25) is 0 Å². The van der Waals surface area contributed by atoms with Gasteiger partial charge >= 0.3 is 6.01 Å². The molecule has 2 N–H and O–H groups in total. The Morgan fingerprint density at radius 2 is 2.58 bits per heavy atom. The van der Waals surface area contributed by atoms with E-state index < -0.39 is 0 Å². The van der Waals surface area contributed by atoms with Crippen LogP contribution >= 0.6 is 0 Å². The molecule has 0 saturated heterocycles. The number of aromatic amines is 1. The summed E-state index contributed by atoms with van der Waals surface area (Å²) in [6.45, 7) is 0.551. The Morgan fingerprint density at radius 1 is 1.58 bits per heavy atom. The van der Waals surface area contributed by atoms with Crippen LogP contribution in [0.4, 0.5) is 6.01 Å². The molecule has 0 fully saturated rings. The highest BCUT2D eigenvalue weighted by molar-refractivity contribution is 5.16. The summed E-state index contributed by atoms with van der Waals surface area (Å²) >= 11 is 0. The molecule has 62 valence electrons. The number of rotatable bonds is 3. The number of H-pyrrole nitrogens is 1. The molecule has 0 aliphatic rings. The number of hydrogen-bond donors (Lipinski definition) is 2. The van der Waals surface area contributed by atoms with Crippen LogP contribution in [0.15, 0.2) is 23.2 Å². The van der Waals surface area contributed by atoms with Crippen LogP contribution in [0, 0.1) is 0 Å². The minimum absolute atomic E-state index is 0.395. The number of aromatic nitrogens is 4. The smallest absolute Gasteiger partial charge is 0.315 e. The molecule has 0 bridgehead atoms. The first-order valence-corrected chi connectivity index (χ1v) is 3.43. The summed E-state index contributed by atoms with van der Waals surface area (Å²) in [4.78, 5) is 6.94. The van der Waals surface area contributed by atoms with E-state index >= 15 is 0 Å². The molecular formula is C6H7N5O. The van der Waals surface area contributed by atoms with E-state index in [0.717, 1.165) is 5.82 Å². The third-order valence-electron chi connectivity index (χ3n) is 1.32. The van der Waals surface area contributed by atoms with Gasteiger partial charge in [0.1, 0.15) is 5.82 Å². The molecule has 0 atom stereocenters. The van der Waals surface area contributed by atoms with Crippen LogP contribution < -0.4 is 5.32 Å². The summed E-state index contributed by atoms with van der Waals surface area (Å²) in [6, 6.07) is 0.395. The lowest BCUT2D eigenvalue weighted by Gasteiger charge is -1.95. The van der Waals surface area contributed by atoms with Gasteiger partial charge in [-0.1, -0.05) is 5.10 Å². The predicted octanol–water partition coefficient (Wildman–Crippen LogP) is 0.405. The lowest BCUT2D eigenvalue weighted by molar-refractivity contribution is 0.564. The molecule has 0 aliphatic heterocycles. The fourth-order valence-electron chi connectivity index (χ4n) is 0.804. The zero-order valence-electron chi connectivity index (χ0n) is 6.19. The second-order valence-electron chi connectivity index (χ2n) is 2.13. The first kappa shape index (κ1) is 6.84. The van der Waals surface area contributed by atoms with Crippen LogP contribution in [-0.4, -0.2) is 20.2 Å². The van der Waals surface area contributed by atoms with Gasteiger partial charge in [-0.25, -0.2) is 4.98 Å². The summed E-state index contributed by atoms with van der Waals surface area (Å²) in [5.74, 6) is 0.827.